The molecule has 0 N–H and O–H groups in total. The average Bonchev–Trinajstić information content (AvgIpc) is 2.77. The van der Waals surface area contributed by atoms with Crippen molar-refractivity contribution in [3.05, 3.63) is 53.0 Å². The minimum absolute atomic E-state index is 0.281. The van der Waals surface area contributed by atoms with Crippen LogP contribution in [0.2, 0.25) is 0 Å². The van der Waals surface area contributed by atoms with E-state index in [1.807, 2.05) is 0 Å². The predicted molar refractivity (Wildman–Crippen MR) is 54.8 cm³/mol. The number of hydrogen-bond donors (Lipinski definition) is 0. The summed E-state index contributed by atoms with van der Waals surface area (Å²) >= 11 is 0. The molecule has 0 atom stereocenters. The molecule has 0 fully saturated rings. The van der Waals surface area contributed by atoms with Crippen LogP contribution in [0.4, 0.5) is 8.78 Å². The van der Waals surface area contributed by atoms with Gasteiger partial charge in [-0.1, -0.05) is 18.2 Å². The Hall–Kier alpha value is -1.96. The predicted octanol–water partition coefficient (Wildman–Crippen LogP) is 1.76. The molecular formula is C10H6F2O5S. The van der Waals surface area contributed by atoms with Crippen LogP contribution in [0.15, 0.2) is 55.1 Å². The number of halogens is 2. The number of sulfone groups is 1. The monoisotopic (exact) mass is 276 g/mol. The van der Waals surface area contributed by atoms with E-state index in [2.05, 4.69) is 8.83 Å². The van der Waals surface area contributed by atoms with Gasteiger partial charge in [-0.2, -0.15) is 8.78 Å². The van der Waals surface area contributed by atoms with E-state index in [-0.39, 0.29) is 6.26 Å². The summed E-state index contributed by atoms with van der Waals surface area (Å²) in [5.41, 5.74) is 0. The van der Waals surface area contributed by atoms with Crippen molar-refractivity contribution in [3.63, 3.8) is 0 Å². The first-order valence-corrected chi connectivity index (χ1v) is 6.10. The lowest BCUT2D eigenvalue weighted by Gasteiger charge is -2.13. The van der Waals surface area contributed by atoms with Crippen molar-refractivity contribution in [1.29, 1.82) is 0 Å². The summed E-state index contributed by atoms with van der Waals surface area (Å²) < 4.78 is 58.9. The van der Waals surface area contributed by atoms with Crippen molar-refractivity contribution in [2.45, 2.75) is 10.2 Å². The van der Waals surface area contributed by atoms with E-state index in [4.69, 9.17) is 0 Å². The molecule has 0 spiro atoms. The molecular weight excluding hydrogens is 270 g/mol. The minimum atomic E-state index is -5.00. The van der Waals surface area contributed by atoms with Gasteiger partial charge in [-0.3, -0.25) is 0 Å². The smallest absolute Gasteiger partial charge is 0.399 e. The van der Waals surface area contributed by atoms with Gasteiger partial charge >= 0.3 is 11.1 Å². The Labute approximate surface area is 99.6 Å². The Balaban J connectivity index is 2.57. The Bertz CT molecular complexity index is 699. The third-order valence-corrected chi connectivity index (χ3v) is 3.90. The Morgan fingerprint density at radius 1 is 1.11 bits per heavy atom. The molecule has 0 aliphatic rings. The summed E-state index contributed by atoms with van der Waals surface area (Å²) in [4.78, 5) is 9.95. The molecule has 0 aliphatic carbocycles. The van der Waals surface area contributed by atoms with Gasteiger partial charge in [-0.25, -0.2) is 13.2 Å². The standard InChI is InChI=1S/C10H6F2O5S/c11-10(12,8-6-16-9(13)17-8)18(14,15)7-4-2-1-3-5-7/h1-6H. The summed E-state index contributed by atoms with van der Waals surface area (Å²) in [5.74, 6) is -2.75. The Kier molecular flexibility index (Phi) is 2.81. The molecule has 0 saturated carbocycles. The lowest BCUT2D eigenvalue weighted by atomic mass is 10.4. The van der Waals surface area contributed by atoms with Crippen molar-refractivity contribution in [2.75, 3.05) is 0 Å². The fraction of sp³-hybridized carbons (Fsp3) is 0.100. The number of hydrogen-bond acceptors (Lipinski definition) is 5. The van der Waals surface area contributed by atoms with E-state index < -0.39 is 31.6 Å². The lowest BCUT2D eigenvalue weighted by molar-refractivity contribution is 0.0632. The molecule has 1 aromatic carbocycles. The fourth-order valence-corrected chi connectivity index (χ4v) is 2.41. The van der Waals surface area contributed by atoms with Gasteiger partial charge in [-0.15, -0.1) is 0 Å². The second kappa shape index (κ2) is 4.05. The SMILES string of the molecule is O=c1occ(C(F)(F)S(=O)(=O)c2ccccc2)o1. The van der Waals surface area contributed by atoms with Gasteiger partial charge in [0.05, 0.1) is 4.90 Å². The molecule has 1 aromatic heterocycles. The maximum absolute atomic E-state index is 13.8. The van der Waals surface area contributed by atoms with E-state index in [1.165, 1.54) is 18.2 Å². The van der Waals surface area contributed by atoms with Crippen molar-refractivity contribution >= 4 is 9.84 Å². The minimum Gasteiger partial charge on any atom is -0.399 e. The van der Waals surface area contributed by atoms with E-state index >= 15 is 0 Å². The maximum atomic E-state index is 13.8. The zero-order chi connectivity index (χ0) is 13.4. The molecule has 0 radical (unpaired) electrons. The highest BCUT2D eigenvalue weighted by Crippen LogP contribution is 2.37. The van der Waals surface area contributed by atoms with Crippen LogP contribution in [0.25, 0.3) is 0 Å². The quantitative estimate of drug-likeness (QED) is 0.853. The van der Waals surface area contributed by atoms with Gasteiger partial charge in [0.1, 0.15) is 6.26 Å². The topological polar surface area (TPSA) is 77.5 Å². The average molecular weight is 276 g/mol. The van der Waals surface area contributed by atoms with Crippen LogP contribution in [-0.2, 0) is 15.1 Å². The zero-order valence-corrected chi connectivity index (χ0v) is 9.49. The largest absolute Gasteiger partial charge is 0.518 e. The third kappa shape index (κ3) is 1.84. The summed E-state index contributed by atoms with van der Waals surface area (Å²) in [6, 6.07) is 6.11. The van der Waals surface area contributed by atoms with Gasteiger partial charge in [0.25, 0.3) is 9.84 Å². The molecule has 96 valence electrons. The van der Waals surface area contributed by atoms with Gasteiger partial charge in [-0.05, 0) is 12.1 Å². The first kappa shape index (κ1) is 12.5. The zero-order valence-electron chi connectivity index (χ0n) is 8.67. The van der Waals surface area contributed by atoms with Crippen LogP contribution >= 0.6 is 0 Å². The molecule has 2 aromatic rings. The van der Waals surface area contributed by atoms with Crippen molar-refractivity contribution in [2.24, 2.45) is 0 Å². The second-order valence-corrected chi connectivity index (χ2v) is 5.28. The number of alkyl halides is 2. The summed E-state index contributed by atoms with van der Waals surface area (Å²) in [7, 11) is -5.00. The van der Waals surface area contributed by atoms with Gasteiger partial charge < -0.3 is 8.83 Å². The van der Waals surface area contributed by atoms with Gasteiger partial charge in [0.15, 0.2) is 0 Å². The van der Waals surface area contributed by atoms with Gasteiger partial charge in [0.2, 0.25) is 5.76 Å². The Morgan fingerprint density at radius 3 is 2.22 bits per heavy atom. The fourth-order valence-electron chi connectivity index (χ4n) is 1.25. The highest BCUT2D eigenvalue weighted by molar-refractivity contribution is 7.92. The molecule has 8 heteroatoms. The summed E-state index contributed by atoms with van der Waals surface area (Å²) in [6.07, 6.45) is 0.281. The van der Waals surface area contributed by atoms with Crippen molar-refractivity contribution in [1.82, 2.24) is 0 Å². The molecule has 5 nitrogen and oxygen atoms in total. The molecule has 0 saturated heterocycles. The van der Waals surface area contributed by atoms with Crippen LogP contribution in [0.1, 0.15) is 5.76 Å². The van der Waals surface area contributed by atoms with Crippen LogP contribution in [0, 0.1) is 0 Å². The van der Waals surface area contributed by atoms with Crippen LogP contribution in [-0.4, -0.2) is 8.42 Å². The third-order valence-electron chi connectivity index (χ3n) is 2.13. The number of rotatable bonds is 3. The molecule has 18 heavy (non-hydrogen) atoms. The first-order chi connectivity index (χ1) is 8.35. The molecule has 0 aliphatic heterocycles. The highest BCUT2D eigenvalue weighted by atomic mass is 32.2. The summed E-state index contributed by atoms with van der Waals surface area (Å²) in [5, 5.41) is -4.37. The van der Waals surface area contributed by atoms with E-state index in [0.717, 1.165) is 12.1 Å². The molecule has 0 amide bonds. The molecule has 0 unspecified atom stereocenters. The maximum Gasteiger partial charge on any atom is 0.518 e. The van der Waals surface area contributed by atoms with Crippen LogP contribution in [0.5, 0.6) is 0 Å². The van der Waals surface area contributed by atoms with Crippen molar-refractivity contribution in [3.8, 4) is 0 Å². The van der Waals surface area contributed by atoms with Gasteiger partial charge in [0, 0.05) is 0 Å². The summed E-state index contributed by atoms with van der Waals surface area (Å²) in [6.45, 7) is 0. The Morgan fingerprint density at radius 2 is 1.72 bits per heavy atom. The van der Waals surface area contributed by atoms with E-state index in [1.54, 1.807) is 0 Å². The normalized spacial score (nSPS) is 12.6. The van der Waals surface area contributed by atoms with Crippen LogP contribution < -0.4 is 5.82 Å². The van der Waals surface area contributed by atoms with E-state index in [9.17, 15) is 22.0 Å². The van der Waals surface area contributed by atoms with E-state index in [0.29, 0.717) is 0 Å². The van der Waals surface area contributed by atoms with Crippen molar-refractivity contribution < 1.29 is 26.0 Å². The molecule has 2 rings (SSSR count). The highest BCUT2D eigenvalue weighted by Gasteiger charge is 2.51. The molecule has 1 heterocycles. The number of benzene rings is 1. The first-order valence-electron chi connectivity index (χ1n) is 4.62. The second-order valence-electron chi connectivity index (χ2n) is 3.29. The lowest BCUT2D eigenvalue weighted by Crippen LogP contribution is -2.26. The molecule has 0 bridgehead atoms. The van der Waals surface area contributed by atoms with Crippen LogP contribution in [0.3, 0.4) is 0 Å².